The lowest BCUT2D eigenvalue weighted by atomic mass is 9.85. The molecule has 0 atom stereocenters. The number of carbonyl (C=O) groups is 1. The quantitative estimate of drug-likeness (QED) is 0.769. The van der Waals surface area contributed by atoms with Gasteiger partial charge in [-0.05, 0) is 25.8 Å². The second-order valence-electron chi connectivity index (χ2n) is 5.37. The van der Waals surface area contributed by atoms with Crippen molar-refractivity contribution in [3.63, 3.8) is 0 Å². The summed E-state index contributed by atoms with van der Waals surface area (Å²) in [7, 11) is 0. The molecule has 0 bridgehead atoms. The van der Waals surface area contributed by atoms with Crippen LogP contribution in [0.1, 0.15) is 48.2 Å². The molecule has 1 aliphatic rings. The minimum Gasteiger partial charge on any atom is -0.397 e. The summed E-state index contributed by atoms with van der Waals surface area (Å²) in [4.78, 5) is 16.1. The zero-order chi connectivity index (χ0) is 13.9. The Bertz CT molecular complexity index is 468. The van der Waals surface area contributed by atoms with Gasteiger partial charge in [0.25, 0.3) is 5.91 Å². The van der Waals surface area contributed by atoms with Crippen molar-refractivity contribution in [2.45, 2.75) is 44.6 Å². The molecular weight excluding hydrogens is 242 g/mol. The van der Waals surface area contributed by atoms with Gasteiger partial charge in [0.2, 0.25) is 0 Å². The molecule has 1 heterocycles. The van der Waals surface area contributed by atoms with Gasteiger partial charge in [-0.1, -0.05) is 19.3 Å². The molecule has 1 fully saturated rings. The number of nitrogens with one attached hydrogen (secondary N) is 1. The summed E-state index contributed by atoms with van der Waals surface area (Å²) in [5, 5.41) is 13.1. The van der Waals surface area contributed by atoms with Crippen molar-refractivity contribution < 1.29 is 9.90 Å². The molecule has 1 amide bonds. The highest BCUT2D eigenvalue weighted by Crippen LogP contribution is 2.27. The second-order valence-corrected chi connectivity index (χ2v) is 5.37. The number of pyridine rings is 1. The highest BCUT2D eigenvalue weighted by atomic mass is 16.3. The summed E-state index contributed by atoms with van der Waals surface area (Å²) in [5.74, 6) is -0.226. The lowest BCUT2D eigenvalue weighted by molar-refractivity contribution is 0.00524. The van der Waals surface area contributed by atoms with E-state index < -0.39 is 5.60 Å². The van der Waals surface area contributed by atoms with Gasteiger partial charge < -0.3 is 16.2 Å². The number of nitrogen functional groups attached to an aromatic ring is 1. The smallest absolute Gasteiger partial charge is 0.253 e. The molecule has 5 heteroatoms. The molecular formula is C14H21N3O2. The third kappa shape index (κ3) is 3.44. The molecule has 4 N–H and O–H groups in total. The number of carbonyl (C=O) groups excluding carboxylic acids is 1. The third-order valence-electron chi connectivity index (χ3n) is 3.71. The number of amides is 1. The molecule has 104 valence electrons. The van der Waals surface area contributed by atoms with Gasteiger partial charge in [-0.25, -0.2) is 0 Å². The van der Waals surface area contributed by atoms with Gasteiger partial charge in [-0.15, -0.1) is 0 Å². The lowest BCUT2D eigenvalue weighted by Crippen LogP contribution is -2.44. The summed E-state index contributed by atoms with van der Waals surface area (Å²) in [5.41, 5.74) is 6.46. The van der Waals surface area contributed by atoms with E-state index in [0.29, 0.717) is 23.5 Å². The molecule has 5 nitrogen and oxygen atoms in total. The molecule has 1 aliphatic carbocycles. The highest BCUT2D eigenvalue weighted by Gasteiger charge is 2.29. The molecule has 0 saturated heterocycles. The van der Waals surface area contributed by atoms with Crippen LogP contribution in [-0.4, -0.2) is 28.1 Å². The standard InChI is InChI=1S/C14H21N3O2/c1-10-12(7-11(15)8-16-10)13(18)17-9-14(19)5-3-2-4-6-14/h7-8,19H,2-6,9,15H2,1H3,(H,17,18). The summed E-state index contributed by atoms with van der Waals surface area (Å²) >= 11 is 0. The van der Waals surface area contributed by atoms with Crippen LogP contribution in [0.4, 0.5) is 5.69 Å². The fourth-order valence-electron chi connectivity index (χ4n) is 2.51. The molecule has 0 aromatic carbocycles. The van der Waals surface area contributed by atoms with E-state index in [4.69, 9.17) is 5.73 Å². The average molecular weight is 263 g/mol. The first-order valence-corrected chi connectivity index (χ1v) is 6.73. The van der Waals surface area contributed by atoms with E-state index in [9.17, 15) is 9.90 Å². The molecule has 19 heavy (non-hydrogen) atoms. The molecule has 1 aromatic rings. The minimum absolute atomic E-state index is 0.226. The first-order valence-electron chi connectivity index (χ1n) is 6.73. The average Bonchev–Trinajstić information content (AvgIpc) is 2.40. The SMILES string of the molecule is Cc1ncc(N)cc1C(=O)NCC1(O)CCCCC1. The van der Waals surface area contributed by atoms with E-state index in [1.165, 1.54) is 6.20 Å². The minimum atomic E-state index is -0.754. The molecule has 0 unspecified atom stereocenters. The predicted octanol–water partition coefficient (Wildman–Crippen LogP) is 1.40. The van der Waals surface area contributed by atoms with Crippen molar-refractivity contribution in [1.82, 2.24) is 10.3 Å². The van der Waals surface area contributed by atoms with Gasteiger partial charge in [0.15, 0.2) is 0 Å². The second kappa shape index (κ2) is 5.57. The van der Waals surface area contributed by atoms with E-state index in [1.54, 1.807) is 13.0 Å². The molecule has 2 rings (SSSR count). The van der Waals surface area contributed by atoms with Crippen LogP contribution in [0.25, 0.3) is 0 Å². The van der Waals surface area contributed by atoms with Crippen LogP contribution < -0.4 is 11.1 Å². The number of aryl methyl sites for hydroxylation is 1. The van der Waals surface area contributed by atoms with Crippen LogP contribution in [-0.2, 0) is 0 Å². The molecule has 0 aliphatic heterocycles. The van der Waals surface area contributed by atoms with Crippen molar-refractivity contribution in [3.8, 4) is 0 Å². The van der Waals surface area contributed by atoms with Crippen molar-refractivity contribution in [2.24, 2.45) is 0 Å². The maximum Gasteiger partial charge on any atom is 0.253 e. The van der Waals surface area contributed by atoms with Crippen molar-refractivity contribution in [2.75, 3.05) is 12.3 Å². The van der Waals surface area contributed by atoms with Crippen molar-refractivity contribution >= 4 is 11.6 Å². The molecule has 1 aromatic heterocycles. The molecule has 1 saturated carbocycles. The van der Waals surface area contributed by atoms with Crippen LogP contribution in [0.2, 0.25) is 0 Å². The van der Waals surface area contributed by atoms with E-state index in [0.717, 1.165) is 32.1 Å². The van der Waals surface area contributed by atoms with Crippen LogP contribution in [0.15, 0.2) is 12.3 Å². The zero-order valence-electron chi connectivity index (χ0n) is 11.3. The summed E-state index contributed by atoms with van der Waals surface area (Å²) in [6.07, 6.45) is 6.23. The van der Waals surface area contributed by atoms with Gasteiger partial charge in [-0.2, -0.15) is 0 Å². The van der Waals surface area contributed by atoms with Gasteiger partial charge in [0.1, 0.15) is 0 Å². The fourth-order valence-corrected chi connectivity index (χ4v) is 2.51. The van der Waals surface area contributed by atoms with Gasteiger partial charge >= 0.3 is 0 Å². The van der Waals surface area contributed by atoms with Crippen LogP contribution >= 0.6 is 0 Å². The number of rotatable bonds is 3. The summed E-state index contributed by atoms with van der Waals surface area (Å²) < 4.78 is 0. The molecule has 0 spiro atoms. The number of anilines is 1. The largest absolute Gasteiger partial charge is 0.397 e. The van der Waals surface area contributed by atoms with E-state index in [-0.39, 0.29) is 5.91 Å². The van der Waals surface area contributed by atoms with Crippen LogP contribution in [0.5, 0.6) is 0 Å². The third-order valence-corrected chi connectivity index (χ3v) is 3.71. The number of hydrogen-bond donors (Lipinski definition) is 3. The number of hydrogen-bond acceptors (Lipinski definition) is 4. The Morgan fingerprint density at radius 3 is 2.84 bits per heavy atom. The highest BCUT2D eigenvalue weighted by molar-refractivity contribution is 5.95. The Kier molecular flexibility index (Phi) is 4.04. The maximum absolute atomic E-state index is 12.1. The Morgan fingerprint density at radius 2 is 2.16 bits per heavy atom. The number of nitrogens with zero attached hydrogens (tertiary/aromatic N) is 1. The zero-order valence-corrected chi connectivity index (χ0v) is 11.3. The predicted molar refractivity (Wildman–Crippen MR) is 73.8 cm³/mol. The Morgan fingerprint density at radius 1 is 1.47 bits per heavy atom. The monoisotopic (exact) mass is 263 g/mol. The first-order chi connectivity index (χ1) is 9.00. The van der Waals surface area contributed by atoms with E-state index in [2.05, 4.69) is 10.3 Å². The van der Waals surface area contributed by atoms with Crippen LogP contribution in [0, 0.1) is 6.92 Å². The number of aliphatic hydroxyl groups is 1. The van der Waals surface area contributed by atoms with Gasteiger partial charge in [-0.3, -0.25) is 9.78 Å². The number of aromatic nitrogens is 1. The Balaban J connectivity index is 1.99. The lowest BCUT2D eigenvalue weighted by Gasteiger charge is -2.32. The maximum atomic E-state index is 12.1. The van der Waals surface area contributed by atoms with E-state index in [1.807, 2.05) is 0 Å². The normalized spacial score (nSPS) is 18.0. The number of nitrogens with two attached hydrogens (primary N) is 1. The molecule has 0 radical (unpaired) electrons. The summed E-state index contributed by atoms with van der Waals surface area (Å²) in [6, 6.07) is 1.61. The van der Waals surface area contributed by atoms with Crippen molar-refractivity contribution in [3.05, 3.63) is 23.5 Å². The van der Waals surface area contributed by atoms with E-state index >= 15 is 0 Å². The fraction of sp³-hybridized carbons (Fsp3) is 0.571. The van der Waals surface area contributed by atoms with Crippen LogP contribution in [0.3, 0.4) is 0 Å². The van der Waals surface area contributed by atoms with Crippen molar-refractivity contribution in [1.29, 1.82) is 0 Å². The summed E-state index contributed by atoms with van der Waals surface area (Å²) in [6.45, 7) is 2.06. The van der Waals surface area contributed by atoms with Gasteiger partial charge in [0.05, 0.1) is 28.7 Å². The topological polar surface area (TPSA) is 88.2 Å². The first kappa shape index (κ1) is 13.8. The van der Waals surface area contributed by atoms with Gasteiger partial charge in [0, 0.05) is 6.54 Å². The Hall–Kier alpha value is -1.62. The Labute approximate surface area is 113 Å².